The third kappa shape index (κ3) is 5.58. The molecular formula is C31H31N7O2. The number of anilines is 1. The van der Waals surface area contributed by atoms with Crippen molar-refractivity contribution >= 4 is 17.6 Å². The molecule has 40 heavy (non-hydrogen) atoms. The van der Waals surface area contributed by atoms with Gasteiger partial charge in [-0.2, -0.15) is 0 Å². The lowest BCUT2D eigenvalue weighted by molar-refractivity contribution is 0.0990. The quantitative estimate of drug-likeness (QED) is 0.241. The number of imidazole rings is 1. The minimum atomic E-state index is -0.668. The van der Waals surface area contributed by atoms with Gasteiger partial charge in [-0.15, -0.1) is 5.92 Å². The van der Waals surface area contributed by atoms with E-state index < -0.39 is 5.91 Å². The summed E-state index contributed by atoms with van der Waals surface area (Å²) < 4.78 is 1.31. The molecule has 1 atom stereocenters. The first-order valence-electron chi connectivity index (χ1n) is 13.2. The van der Waals surface area contributed by atoms with Gasteiger partial charge < -0.3 is 16.9 Å². The van der Waals surface area contributed by atoms with Crippen molar-refractivity contribution in [2.24, 2.45) is 5.73 Å². The Bertz CT molecular complexity index is 1580. The molecule has 4 aromatic rings. The monoisotopic (exact) mass is 533 g/mol. The van der Waals surface area contributed by atoms with Crippen LogP contribution in [-0.4, -0.2) is 44.4 Å². The summed E-state index contributed by atoms with van der Waals surface area (Å²) in [5, 5.41) is 2.85. The number of carbonyl (C=O) groups is 2. The highest BCUT2D eigenvalue weighted by atomic mass is 16.2. The summed E-state index contributed by atoms with van der Waals surface area (Å²) in [6.45, 7) is 3.29. The summed E-state index contributed by atoms with van der Waals surface area (Å²) in [4.78, 5) is 36.8. The van der Waals surface area contributed by atoms with Crippen LogP contribution in [-0.2, 0) is 0 Å². The van der Waals surface area contributed by atoms with E-state index in [1.54, 1.807) is 30.5 Å². The SMILES string of the molecule is CC#CCN1CCCC[C@H]1c1nc(-c2ccc(C(=O)Nc3cc(-c4ccccc4)ccn3)cc2)c(C(N)=O)n1N. The van der Waals surface area contributed by atoms with E-state index in [0.29, 0.717) is 35.0 Å². The van der Waals surface area contributed by atoms with Crippen LogP contribution in [0.2, 0.25) is 0 Å². The Morgan fingerprint density at radius 2 is 1.80 bits per heavy atom. The smallest absolute Gasteiger partial charge is 0.269 e. The number of piperidine rings is 1. The second kappa shape index (κ2) is 11.8. The molecule has 5 N–H and O–H groups in total. The Morgan fingerprint density at radius 1 is 1.02 bits per heavy atom. The Labute approximate surface area is 233 Å². The van der Waals surface area contributed by atoms with Gasteiger partial charge in [0.15, 0.2) is 5.69 Å². The van der Waals surface area contributed by atoms with E-state index in [1.807, 2.05) is 49.4 Å². The molecule has 1 aliphatic rings. The van der Waals surface area contributed by atoms with Crippen molar-refractivity contribution in [3.8, 4) is 34.2 Å². The molecule has 0 saturated carbocycles. The van der Waals surface area contributed by atoms with Gasteiger partial charge in [0.25, 0.3) is 11.8 Å². The van der Waals surface area contributed by atoms with Crippen LogP contribution in [0.5, 0.6) is 0 Å². The number of nitrogens with zero attached hydrogens (tertiary/aromatic N) is 4. The van der Waals surface area contributed by atoms with Crippen LogP contribution in [0.25, 0.3) is 22.4 Å². The van der Waals surface area contributed by atoms with Crippen LogP contribution < -0.4 is 16.9 Å². The molecular weight excluding hydrogens is 502 g/mol. The number of hydrogen-bond donors (Lipinski definition) is 3. The van der Waals surface area contributed by atoms with Crippen molar-refractivity contribution in [1.82, 2.24) is 19.5 Å². The topological polar surface area (TPSA) is 132 Å². The number of nitrogens with two attached hydrogens (primary N) is 2. The number of aromatic nitrogens is 3. The van der Waals surface area contributed by atoms with Gasteiger partial charge >= 0.3 is 0 Å². The summed E-state index contributed by atoms with van der Waals surface area (Å²) in [7, 11) is 0. The highest BCUT2D eigenvalue weighted by Gasteiger charge is 2.31. The van der Waals surface area contributed by atoms with Gasteiger partial charge in [0, 0.05) is 17.3 Å². The average molecular weight is 534 g/mol. The summed E-state index contributed by atoms with van der Waals surface area (Å²) >= 11 is 0. The molecule has 1 saturated heterocycles. The third-order valence-corrected chi connectivity index (χ3v) is 7.07. The molecule has 0 aliphatic carbocycles. The number of likely N-dealkylation sites (tertiary alicyclic amines) is 1. The van der Waals surface area contributed by atoms with E-state index in [4.69, 9.17) is 16.6 Å². The fourth-order valence-corrected chi connectivity index (χ4v) is 5.05. The van der Waals surface area contributed by atoms with Crippen LogP contribution in [0.3, 0.4) is 0 Å². The van der Waals surface area contributed by atoms with Crippen molar-refractivity contribution in [2.45, 2.75) is 32.2 Å². The predicted octanol–water partition coefficient (Wildman–Crippen LogP) is 4.23. The maximum Gasteiger partial charge on any atom is 0.269 e. The molecule has 5 rings (SSSR count). The standard InChI is InChI=1S/C31H31N7O2/c1-2-3-18-37-19-8-7-11-25(37)30-36-27(28(29(32)39)38(30)33)22-12-14-23(15-13-22)31(40)35-26-20-24(16-17-34-26)21-9-5-4-6-10-21/h4-6,9-10,12-17,20,25H,7-8,11,18-19,33H2,1H3,(H2,32,39)(H,34,35,40)/t25-/m0/s1. The summed E-state index contributed by atoms with van der Waals surface area (Å²) in [5.41, 5.74) is 9.31. The summed E-state index contributed by atoms with van der Waals surface area (Å²) in [6, 6.07) is 20.4. The van der Waals surface area contributed by atoms with Gasteiger partial charge in [0.1, 0.15) is 17.3 Å². The summed E-state index contributed by atoms with van der Waals surface area (Å²) in [5.74, 6) is 12.5. The largest absolute Gasteiger partial charge is 0.364 e. The Hall–Kier alpha value is -4.94. The number of carbonyl (C=O) groups excluding carboxylic acids is 2. The van der Waals surface area contributed by atoms with Crippen LogP contribution >= 0.6 is 0 Å². The van der Waals surface area contributed by atoms with E-state index in [1.165, 1.54) is 4.68 Å². The van der Waals surface area contributed by atoms with Gasteiger partial charge in [-0.25, -0.2) is 14.6 Å². The maximum atomic E-state index is 13.0. The minimum Gasteiger partial charge on any atom is -0.364 e. The van der Waals surface area contributed by atoms with Gasteiger partial charge in [0.05, 0.1) is 12.6 Å². The molecule has 3 heterocycles. The molecule has 1 aliphatic heterocycles. The number of primary amides is 1. The summed E-state index contributed by atoms with van der Waals surface area (Å²) in [6.07, 6.45) is 4.62. The number of pyridine rings is 1. The fraction of sp³-hybridized carbons (Fsp3) is 0.226. The Morgan fingerprint density at radius 3 is 2.52 bits per heavy atom. The van der Waals surface area contributed by atoms with Gasteiger partial charge in [-0.1, -0.05) is 54.8 Å². The second-order valence-corrected chi connectivity index (χ2v) is 9.64. The molecule has 202 valence electrons. The number of nitrogens with one attached hydrogen (secondary N) is 1. The molecule has 2 aromatic carbocycles. The zero-order valence-corrected chi connectivity index (χ0v) is 22.3. The lowest BCUT2D eigenvalue weighted by Crippen LogP contribution is -2.37. The normalized spacial score (nSPS) is 15.2. The fourth-order valence-electron chi connectivity index (χ4n) is 5.05. The average Bonchev–Trinajstić information content (AvgIpc) is 3.34. The first kappa shape index (κ1) is 26.7. The molecule has 2 aromatic heterocycles. The molecule has 1 fully saturated rings. The van der Waals surface area contributed by atoms with Crippen LogP contribution in [0.4, 0.5) is 5.82 Å². The molecule has 0 spiro atoms. The molecule has 2 amide bonds. The van der Waals surface area contributed by atoms with Crippen LogP contribution in [0.1, 0.15) is 58.9 Å². The van der Waals surface area contributed by atoms with E-state index in [2.05, 4.69) is 27.0 Å². The third-order valence-electron chi connectivity index (χ3n) is 7.07. The molecule has 9 nitrogen and oxygen atoms in total. The van der Waals surface area contributed by atoms with Crippen LogP contribution in [0, 0.1) is 11.8 Å². The number of benzene rings is 2. The van der Waals surface area contributed by atoms with E-state index in [9.17, 15) is 9.59 Å². The van der Waals surface area contributed by atoms with Crippen molar-refractivity contribution in [3.63, 3.8) is 0 Å². The van der Waals surface area contributed by atoms with E-state index in [-0.39, 0.29) is 17.6 Å². The Kier molecular flexibility index (Phi) is 7.89. The maximum absolute atomic E-state index is 13.0. The number of rotatable bonds is 7. The van der Waals surface area contributed by atoms with Crippen molar-refractivity contribution in [3.05, 3.63) is 90.0 Å². The number of nitrogen functional groups attached to an aromatic ring is 1. The first-order chi connectivity index (χ1) is 19.5. The minimum absolute atomic E-state index is 0.0735. The molecule has 0 radical (unpaired) electrons. The highest BCUT2D eigenvalue weighted by Crippen LogP contribution is 2.33. The highest BCUT2D eigenvalue weighted by molar-refractivity contribution is 6.04. The zero-order valence-electron chi connectivity index (χ0n) is 22.3. The van der Waals surface area contributed by atoms with E-state index >= 15 is 0 Å². The zero-order chi connectivity index (χ0) is 28.1. The second-order valence-electron chi connectivity index (χ2n) is 9.64. The number of amides is 2. The lowest BCUT2D eigenvalue weighted by atomic mass is 10.0. The van der Waals surface area contributed by atoms with Crippen molar-refractivity contribution in [1.29, 1.82) is 0 Å². The molecule has 0 unspecified atom stereocenters. The van der Waals surface area contributed by atoms with Crippen molar-refractivity contribution in [2.75, 3.05) is 24.2 Å². The van der Waals surface area contributed by atoms with Gasteiger partial charge in [-0.05, 0) is 61.7 Å². The number of hydrogen-bond acceptors (Lipinski definition) is 6. The Balaban J connectivity index is 1.39. The first-order valence-corrected chi connectivity index (χ1v) is 13.2. The van der Waals surface area contributed by atoms with E-state index in [0.717, 1.165) is 36.9 Å². The van der Waals surface area contributed by atoms with Crippen LogP contribution in [0.15, 0.2) is 72.9 Å². The predicted molar refractivity (Wildman–Crippen MR) is 156 cm³/mol. The van der Waals surface area contributed by atoms with Crippen molar-refractivity contribution < 1.29 is 9.59 Å². The molecule has 0 bridgehead atoms. The van der Waals surface area contributed by atoms with Gasteiger partial charge in [0.2, 0.25) is 0 Å². The lowest BCUT2D eigenvalue weighted by Gasteiger charge is -2.33. The molecule has 9 heteroatoms. The van der Waals surface area contributed by atoms with Gasteiger partial charge in [-0.3, -0.25) is 14.5 Å².